The molecule has 0 spiro atoms. The summed E-state index contributed by atoms with van der Waals surface area (Å²) < 4.78 is 0. The molecule has 2 aliphatic rings. The minimum Gasteiger partial charge on any atom is -0.0594 e. The Bertz CT molecular complexity index is 136. The van der Waals surface area contributed by atoms with Crippen molar-refractivity contribution >= 4 is 0 Å². The van der Waals surface area contributed by atoms with Crippen LogP contribution in [0.3, 0.4) is 0 Å². The van der Waals surface area contributed by atoms with Crippen molar-refractivity contribution in [3.05, 3.63) is 0 Å². The van der Waals surface area contributed by atoms with Crippen LogP contribution < -0.4 is 0 Å². The van der Waals surface area contributed by atoms with E-state index in [0.717, 1.165) is 11.3 Å². The van der Waals surface area contributed by atoms with Gasteiger partial charge < -0.3 is 0 Å². The zero-order valence-corrected chi connectivity index (χ0v) is 8.44. The molecular formula is C12H22. The van der Waals surface area contributed by atoms with Crippen LogP contribution in [0.25, 0.3) is 0 Å². The predicted molar refractivity (Wildman–Crippen MR) is 53.2 cm³/mol. The molecule has 0 aromatic carbocycles. The van der Waals surface area contributed by atoms with Gasteiger partial charge in [0.2, 0.25) is 0 Å². The quantitative estimate of drug-likeness (QED) is 0.549. The number of hydrogen-bond acceptors (Lipinski definition) is 0. The lowest BCUT2D eigenvalue weighted by Crippen LogP contribution is -2.26. The molecule has 0 aromatic rings. The van der Waals surface area contributed by atoms with Gasteiger partial charge in [-0.25, -0.2) is 0 Å². The van der Waals surface area contributed by atoms with Crippen molar-refractivity contribution in [2.24, 2.45) is 11.3 Å². The van der Waals surface area contributed by atoms with Gasteiger partial charge in [0, 0.05) is 0 Å². The maximum absolute atomic E-state index is 2.55. The van der Waals surface area contributed by atoms with Gasteiger partial charge in [0.15, 0.2) is 0 Å². The topological polar surface area (TPSA) is 0 Å². The summed E-state index contributed by atoms with van der Waals surface area (Å²) >= 11 is 0. The molecule has 0 aromatic heterocycles. The molecule has 2 fully saturated rings. The Morgan fingerprint density at radius 2 is 1.42 bits per heavy atom. The minimum atomic E-state index is 0.764. The first-order chi connectivity index (χ1) is 5.81. The standard InChI is InChI=1S/C12H22/c1-12(9-5-6-10-12)11-7-3-2-4-8-11/h11H,2-10H2,1H3. The third kappa shape index (κ3) is 1.53. The highest BCUT2D eigenvalue weighted by molar-refractivity contribution is 4.88. The molecule has 0 N–H and O–H groups in total. The molecule has 0 unspecified atom stereocenters. The lowest BCUT2D eigenvalue weighted by molar-refractivity contribution is 0.144. The Balaban J connectivity index is 1.96. The van der Waals surface area contributed by atoms with Gasteiger partial charge in [-0.15, -0.1) is 0 Å². The third-order valence-electron chi connectivity index (χ3n) is 4.34. The van der Waals surface area contributed by atoms with Gasteiger partial charge in [-0.2, -0.15) is 0 Å². The summed E-state index contributed by atoms with van der Waals surface area (Å²) in [4.78, 5) is 0. The van der Waals surface area contributed by atoms with Gasteiger partial charge in [0.1, 0.15) is 0 Å². The molecule has 2 saturated carbocycles. The monoisotopic (exact) mass is 166 g/mol. The second kappa shape index (κ2) is 3.40. The molecule has 0 amide bonds. The SMILES string of the molecule is CC1(C2CCCCC2)CCCC1. The van der Waals surface area contributed by atoms with E-state index in [1.165, 1.54) is 57.8 Å². The Kier molecular flexibility index (Phi) is 2.43. The van der Waals surface area contributed by atoms with E-state index in [0.29, 0.717) is 0 Å². The van der Waals surface area contributed by atoms with E-state index in [1.807, 2.05) is 0 Å². The Hall–Kier alpha value is 0. The van der Waals surface area contributed by atoms with E-state index in [4.69, 9.17) is 0 Å². The first-order valence-corrected chi connectivity index (χ1v) is 5.81. The van der Waals surface area contributed by atoms with Crippen molar-refractivity contribution in [3.63, 3.8) is 0 Å². The normalized spacial score (nSPS) is 30.8. The van der Waals surface area contributed by atoms with Crippen LogP contribution in [0.1, 0.15) is 64.7 Å². The third-order valence-corrected chi connectivity index (χ3v) is 4.34. The van der Waals surface area contributed by atoms with Crippen molar-refractivity contribution in [1.29, 1.82) is 0 Å². The van der Waals surface area contributed by atoms with Crippen LogP contribution >= 0.6 is 0 Å². The fraction of sp³-hybridized carbons (Fsp3) is 1.00. The van der Waals surface area contributed by atoms with Crippen molar-refractivity contribution < 1.29 is 0 Å². The predicted octanol–water partition coefficient (Wildman–Crippen LogP) is 4.15. The lowest BCUT2D eigenvalue weighted by Gasteiger charge is -2.36. The van der Waals surface area contributed by atoms with E-state index < -0.39 is 0 Å². The van der Waals surface area contributed by atoms with Crippen LogP contribution in [0.15, 0.2) is 0 Å². The fourth-order valence-electron chi connectivity index (χ4n) is 3.39. The van der Waals surface area contributed by atoms with Crippen LogP contribution in [-0.4, -0.2) is 0 Å². The van der Waals surface area contributed by atoms with Crippen molar-refractivity contribution in [3.8, 4) is 0 Å². The lowest BCUT2D eigenvalue weighted by atomic mass is 9.69. The first kappa shape index (κ1) is 8.59. The highest BCUT2D eigenvalue weighted by Crippen LogP contribution is 2.49. The van der Waals surface area contributed by atoms with Gasteiger partial charge in [-0.1, -0.05) is 39.0 Å². The molecule has 0 atom stereocenters. The molecule has 0 bridgehead atoms. The highest BCUT2D eigenvalue weighted by Gasteiger charge is 2.36. The molecule has 0 nitrogen and oxygen atoms in total. The fourth-order valence-corrected chi connectivity index (χ4v) is 3.39. The van der Waals surface area contributed by atoms with Gasteiger partial charge in [-0.3, -0.25) is 0 Å². The van der Waals surface area contributed by atoms with Gasteiger partial charge >= 0.3 is 0 Å². The number of hydrogen-bond donors (Lipinski definition) is 0. The van der Waals surface area contributed by atoms with Gasteiger partial charge in [-0.05, 0) is 37.0 Å². The van der Waals surface area contributed by atoms with Gasteiger partial charge in [0.05, 0.1) is 0 Å². The van der Waals surface area contributed by atoms with E-state index in [1.54, 1.807) is 0 Å². The van der Waals surface area contributed by atoms with Crippen LogP contribution in [0.4, 0.5) is 0 Å². The van der Waals surface area contributed by atoms with Crippen molar-refractivity contribution in [2.45, 2.75) is 64.7 Å². The van der Waals surface area contributed by atoms with E-state index in [-0.39, 0.29) is 0 Å². The van der Waals surface area contributed by atoms with Crippen LogP contribution in [-0.2, 0) is 0 Å². The zero-order valence-electron chi connectivity index (χ0n) is 8.44. The molecule has 0 radical (unpaired) electrons. The molecule has 0 aliphatic heterocycles. The highest BCUT2D eigenvalue weighted by atomic mass is 14.4. The maximum atomic E-state index is 2.55. The summed E-state index contributed by atoms with van der Waals surface area (Å²) in [5.74, 6) is 1.09. The molecule has 2 rings (SSSR count). The minimum absolute atomic E-state index is 0.764. The Labute approximate surface area is 76.7 Å². The molecule has 0 heteroatoms. The molecule has 12 heavy (non-hydrogen) atoms. The molecule has 0 saturated heterocycles. The van der Waals surface area contributed by atoms with Gasteiger partial charge in [0.25, 0.3) is 0 Å². The van der Waals surface area contributed by atoms with Crippen molar-refractivity contribution in [2.75, 3.05) is 0 Å². The van der Waals surface area contributed by atoms with E-state index >= 15 is 0 Å². The van der Waals surface area contributed by atoms with Crippen molar-refractivity contribution in [1.82, 2.24) is 0 Å². The Morgan fingerprint density at radius 3 is 2.00 bits per heavy atom. The van der Waals surface area contributed by atoms with E-state index in [2.05, 4.69) is 6.92 Å². The van der Waals surface area contributed by atoms with Crippen LogP contribution in [0.2, 0.25) is 0 Å². The second-order valence-corrected chi connectivity index (χ2v) is 5.20. The summed E-state index contributed by atoms with van der Waals surface area (Å²) in [6.07, 6.45) is 13.7. The summed E-state index contributed by atoms with van der Waals surface area (Å²) in [5.41, 5.74) is 0.764. The van der Waals surface area contributed by atoms with Crippen LogP contribution in [0.5, 0.6) is 0 Å². The average molecular weight is 166 g/mol. The summed E-state index contributed by atoms with van der Waals surface area (Å²) in [7, 11) is 0. The van der Waals surface area contributed by atoms with Crippen LogP contribution in [0, 0.1) is 11.3 Å². The zero-order chi connectivity index (χ0) is 8.44. The summed E-state index contributed by atoms with van der Waals surface area (Å²) in [6.45, 7) is 2.55. The first-order valence-electron chi connectivity index (χ1n) is 5.81. The maximum Gasteiger partial charge on any atom is -0.0298 e. The van der Waals surface area contributed by atoms with E-state index in [9.17, 15) is 0 Å². The summed E-state index contributed by atoms with van der Waals surface area (Å²) in [6, 6.07) is 0. The molecule has 2 aliphatic carbocycles. The second-order valence-electron chi connectivity index (χ2n) is 5.20. The molecule has 70 valence electrons. The number of rotatable bonds is 1. The summed E-state index contributed by atoms with van der Waals surface area (Å²) in [5, 5.41) is 0. The molecular weight excluding hydrogens is 144 g/mol. The largest absolute Gasteiger partial charge is 0.0594 e. The Morgan fingerprint density at radius 1 is 0.833 bits per heavy atom. The smallest absolute Gasteiger partial charge is 0.0298 e. The molecule has 0 heterocycles. The average Bonchev–Trinajstić information content (AvgIpc) is 2.55.